The number of hydrogen-bond donors (Lipinski definition) is 1. The van der Waals surface area contributed by atoms with Crippen molar-refractivity contribution in [1.82, 2.24) is 15.0 Å². The van der Waals surface area contributed by atoms with Gasteiger partial charge in [0.05, 0.1) is 12.0 Å². The molecule has 1 aromatic rings. The van der Waals surface area contributed by atoms with Crippen LogP contribution in [-0.4, -0.2) is 41.1 Å². The molecule has 2 N–H and O–H groups in total. The minimum atomic E-state index is -0.523. The van der Waals surface area contributed by atoms with Gasteiger partial charge in [0.2, 0.25) is 11.8 Å². The lowest BCUT2D eigenvalue weighted by Gasteiger charge is -2.32. The van der Waals surface area contributed by atoms with E-state index in [-0.39, 0.29) is 31.0 Å². The van der Waals surface area contributed by atoms with Gasteiger partial charge >= 0.3 is 0 Å². The summed E-state index contributed by atoms with van der Waals surface area (Å²) in [6, 6.07) is 0. The monoisotopic (exact) mass is 376 g/mol. The molecule has 0 aliphatic rings. The van der Waals surface area contributed by atoms with Crippen LogP contribution in [-0.2, 0) is 16.1 Å². The first kappa shape index (κ1) is 23.8. The van der Waals surface area contributed by atoms with Gasteiger partial charge in [-0.2, -0.15) is 4.98 Å². The summed E-state index contributed by atoms with van der Waals surface area (Å²) >= 11 is 0. The molecule has 0 aliphatic carbocycles. The fourth-order valence-electron chi connectivity index (χ4n) is 2.52. The maximum absolute atomic E-state index is 12.7. The zero-order chi connectivity index (χ0) is 18.3. The van der Waals surface area contributed by atoms with Crippen LogP contribution in [0.15, 0.2) is 4.52 Å². The minimum absolute atomic E-state index is 0. The molecule has 0 spiro atoms. The summed E-state index contributed by atoms with van der Waals surface area (Å²) in [6.45, 7) is 11.3. The van der Waals surface area contributed by atoms with Gasteiger partial charge in [-0.1, -0.05) is 32.9 Å². The molecular formula is C17H33ClN4O3. The first-order valence-corrected chi connectivity index (χ1v) is 8.69. The normalized spacial score (nSPS) is 12.8. The number of nitrogens with two attached hydrogens (primary N) is 1. The lowest BCUT2D eigenvalue weighted by Crippen LogP contribution is -2.45. The summed E-state index contributed by atoms with van der Waals surface area (Å²) in [5.74, 6) is 1.36. The molecule has 0 fully saturated rings. The van der Waals surface area contributed by atoms with Crippen LogP contribution in [0.1, 0.15) is 65.3 Å². The Balaban J connectivity index is 0.00000576. The zero-order valence-corrected chi connectivity index (χ0v) is 17.1. The van der Waals surface area contributed by atoms with Crippen molar-refractivity contribution in [3.63, 3.8) is 0 Å². The molecule has 0 saturated carbocycles. The van der Waals surface area contributed by atoms with Crippen molar-refractivity contribution >= 4 is 18.3 Å². The van der Waals surface area contributed by atoms with E-state index in [9.17, 15) is 4.79 Å². The molecule has 25 heavy (non-hydrogen) atoms. The van der Waals surface area contributed by atoms with Crippen molar-refractivity contribution in [3.05, 3.63) is 11.7 Å². The molecule has 1 amide bonds. The van der Waals surface area contributed by atoms with Gasteiger partial charge in [-0.15, -0.1) is 12.4 Å². The van der Waals surface area contributed by atoms with Gasteiger partial charge in [0.25, 0.3) is 0 Å². The summed E-state index contributed by atoms with van der Waals surface area (Å²) in [5.41, 5.74) is 5.32. The fraction of sp³-hybridized carbons (Fsp3) is 0.824. The number of amides is 1. The molecule has 8 heteroatoms. The van der Waals surface area contributed by atoms with Gasteiger partial charge in [0.1, 0.15) is 6.10 Å². The van der Waals surface area contributed by atoms with Crippen molar-refractivity contribution in [2.45, 2.75) is 60.1 Å². The second-order valence-electron chi connectivity index (χ2n) is 6.77. The largest absolute Gasteiger partial charge is 0.370 e. The van der Waals surface area contributed by atoms with Crippen molar-refractivity contribution in [2.24, 2.45) is 17.1 Å². The predicted octanol–water partition coefficient (Wildman–Crippen LogP) is 2.95. The molecule has 1 aromatic heterocycles. The van der Waals surface area contributed by atoms with Gasteiger partial charge < -0.3 is 19.9 Å². The molecule has 1 rings (SSSR count). The molecule has 0 radical (unpaired) electrons. The fourth-order valence-corrected chi connectivity index (χ4v) is 2.52. The van der Waals surface area contributed by atoms with Crippen LogP contribution >= 0.6 is 12.4 Å². The van der Waals surface area contributed by atoms with E-state index in [1.807, 2.05) is 20.8 Å². The Labute approximate surface area is 157 Å². The molecular weight excluding hydrogens is 344 g/mol. The molecule has 1 atom stereocenters. The first-order valence-electron chi connectivity index (χ1n) is 8.69. The number of ether oxygens (including phenoxy) is 1. The Morgan fingerprint density at radius 1 is 1.32 bits per heavy atom. The van der Waals surface area contributed by atoms with E-state index < -0.39 is 5.41 Å². The Morgan fingerprint density at radius 3 is 2.40 bits per heavy atom. The molecule has 1 heterocycles. The Kier molecular flexibility index (Phi) is 10.2. The van der Waals surface area contributed by atoms with E-state index in [0.717, 1.165) is 0 Å². The Morgan fingerprint density at radius 2 is 1.92 bits per heavy atom. The highest BCUT2D eigenvalue weighted by atomic mass is 35.5. The summed E-state index contributed by atoms with van der Waals surface area (Å²) in [7, 11) is 1.74. The minimum Gasteiger partial charge on any atom is -0.370 e. The summed E-state index contributed by atoms with van der Waals surface area (Å²) in [5, 5.41) is 3.96. The lowest BCUT2D eigenvalue weighted by atomic mass is 9.81. The molecule has 0 aliphatic heterocycles. The van der Waals surface area contributed by atoms with E-state index in [4.69, 9.17) is 15.0 Å². The van der Waals surface area contributed by atoms with Gasteiger partial charge in [-0.25, -0.2) is 0 Å². The first-order chi connectivity index (χ1) is 11.3. The number of rotatable bonds is 10. The van der Waals surface area contributed by atoms with E-state index in [1.54, 1.807) is 11.9 Å². The molecule has 1 unspecified atom stereocenters. The molecule has 7 nitrogen and oxygen atoms in total. The van der Waals surface area contributed by atoms with Crippen LogP contribution in [0.25, 0.3) is 0 Å². The summed E-state index contributed by atoms with van der Waals surface area (Å²) < 4.78 is 10.9. The third-order valence-electron chi connectivity index (χ3n) is 4.44. The maximum atomic E-state index is 12.7. The van der Waals surface area contributed by atoms with Crippen LogP contribution in [0, 0.1) is 11.3 Å². The van der Waals surface area contributed by atoms with Crippen LogP contribution in [0.2, 0.25) is 0 Å². The van der Waals surface area contributed by atoms with Crippen molar-refractivity contribution in [3.8, 4) is 0 Å². The van der Waals surface area contributed by atoms with E-state index in [2.05, 4.69) is 24.0 Å². The van der Waals surface area contributed by atoms with Crippen molar-refractivity contribution in [2.75, 3.05) is 20.2 Å². The van der Waals surface area contributed by atoms with Gasteiger partial charge in [-0.05, 0) is 25.7 Å². The van der Waals surface area contributed by atoms with Crippen LogP contribution in [0.4, 0.5) is 0 Å². The molecule has 0 bridgehead atoms. The summed E-state index contributed by atoms with van der Waals surface area (Å²) in [6.07, 6.45) is 1.18. The molecule has 0 saturated heterocycles. The average molecular weight is 377 g/mol. The molecule has 146 valence electrons. The Bertz CT molecular complexity index is 509. The third-order valence-corrected chi connectivity index (χ3v) is 4.44. The van der Waals surface area contributed by atoms with E-state index >= 15 is 0 Å². The standard InChI is InChI=1S/C17H32N4O3.ClH/c1-7-17(8-2,11-18)16(22)21(6)9-14-19-15(20-24-14)13(5)23-10-12(3)4;/h12-13H,7-11,18H2,1-6H3;1H. The smallest absolute Gasteiger partial charge is 0.246 e. The Hall–Kier alpha value is -1.18. The third kappa shape index (κ3) is 6.24. The average Bonchev–Trinajstić information content (AvgIpc) is 3.03. The topological polar surface area (TPSA) is 94.5 Å². The maximum Gasteiger partial charge on any atom is 0.246 e. The molecule has 0 aromatic carbocycles. The van der Waals surface area contributed by atoms with E-state index in [0.29, 0.717) is 43.6 Å². The van der Waals surface area contributed by atoms with Gasteiger partial charge in [0, 0.05) is 20.2 Å². The quantitative estimate of drug-likeness (QED) is 0.674. The highest BCUT2D eigenvalue weighted by molar-refractivity contribution is 5.85. The lowest BCUT2D eigenvalue weighted by molar-refractivity contribution is -0.141. The number of carbonyl (C=O) groups excluding carboxylic acids is 1. The van der Waals surface area contributed by atoms with E-state index in [1.165, 1.54) is 0 Å². The number of aromatic nitrogens is 2. The highest BCUT2D eigenvalue weighted by Crippen LogP contribution is 2.28. The van der Waals surface area contributed by atoms with Crippen molar-refractivity contribution < 1.29 is 14.1 Å². The zero-order valence-electron chi connectivity index (χ0n) is 16.2. The number of halogens is 1. The van der Waals surface area contributed by atoms with Crippen LogP contribution < -0.4 is 5.73 Å². The second-order valence-corrected chi connectivity index (χ2v) is 6.77. The summed E-state index contributed by atoms with van der Waals surface area (Å²) in [4.78, 5) is 18.7. The SMILES string of the molecule is CCC(CC)(CN)C(=O)N(C)Cc1nc(C(C)OCC(C)C)no1.Cl. The van der Waals surface area contributed by atoms with Crippen LogP contribution in [0.3, 0.4) is 0 Å². The van der Waals surface area contributed by atoms with Crippen LogP contribution in [0.5, 0.6) is 0 Å². The van der Waals surface area contributed by atoms with Gasteiger partial charge in [-0.3, -0.25) is 4.79 Å². The predicted molar refractivity (Wildman–Crippen MR) is 99.3 cm³/mol. The number of hydrogen-bond acceptors (Lipinski definition) is 6. The number of carbonyl (C=O) groups is 1. The highest BCUT2D eigenvalue weighted by Gasteiger charge is 2.36. The number of nitrogens with zero attached hydrogens (tertiary/aromatic N) is 3. The van der Waals surface area contributed by atoms with Crippen molar-refractivity contribution in [1.29, 1.82) is 0 Å². The van der Waals surface area contributed by atoms with Gasteiger partial charge in [0.15, 0.2) is 5.82 Å². The second kappa shape index (κ2) is 10.7.